The van der Waals surface area contributed by atoms with Crippen LogP contribution in [0.5, 0.6) is 5.75 Å². The number of carbonyl (C=O) groups is 2. The third-order valence-corrected chi connectivity index (χ3v) is 6.01. The zero-order valence-electron chi connectivity index (χ0n) is 19.9. The lowest BCUT2D eigenvalue weighted by molar-refractivity contribution is -0.148. The van der Waals surface area contributed by atoms with Crippen molar-refractivity contribution in [3.05, 3.63) is 35.9 Å². The van der Waals surface area contributed by atoms with Crippen molar-refractivity contribution in [1.29, 1.82) is 0 Å². The lowest BCUT2D eigenvalue weighted by atomic mass is 9.86. The third-order valence-electron chi connectivity index (χ3n) is 6.01. The standard InChI is InChI=1S/C26H37NO5/c1-5-30-24(28)22-8-6-20(7-9-22)21-10-12-23(13-11-21)31-18-19-14-16-27(17-15-19)25(29)32-26(2,3)4/h6,10-13,19,22H,5,7-9,14-18H2,1-4H3. The summed E-state index contributed by atoms with van der Waals surface area (Å²) in [6.45, 7) is 10.0. The van der Waals surface area contributed by atoms with Gasteiger partial charge in [-0.1, -0.05) is 18.2 Å². The molecule has 0 radical (unpaired) electrons. The van der Waals surface area contributed by atoms with Crippen LogP contribution in [0, 0.1) is 11.8 Å². The van der Waals surface area contributed by atoms with Crippen LogP contribution < -0.4 is 4.74 Å². The molecular weight excluding hydrogens is 406 g/mol. The van der Waals surface area contributed by atoms with Gasteiger partial charge in [-0.05, 0) is 89.0 Å². The van der Waals surface area contributed by atoms with Gasteiger partial charge in [0.05, 0.1) is 19.1 Å². The fourth-order valence-electron chi connectivity index (χ4n) is 4.16. The topological polar surface area (TPSA) is 65.1 Å². The smallest absolute Gasteiger partial charge is 0.410 e. The lowest BCUT2D eigenvalue weighted by Crippen LogP contribution is -2.42. The van der Waals surface area contributed by atoms with Crippen molar-refractivity contribution in [2.45, 2.75) is 65.4 Å². The van der Waals surface area contributed by atoms with Crippen LogP contribution in [0.1, 0.15) is 65.4 Å². The molecule has 32 heavy (non-hydrogen) atoms. The van der Waals surface area contributed by atoms with Crippen LogP contribution in [-0.2, 0) is 14.3 Å². The van der Waals surface area contributed by atoms with Gasteiger partial charge in [-0.2, -0.15) is 0 Å². The molecule has 0 N–H and O–H groups in total. The van der Waals surface area contributed by atoms with E-state index in [4.69, 9.17) is 14.2 Å². The highest BCUT2D eigenvalue weighted by Crippen LogP contribution is 2.32. The van der Waals surface area contributed by atoms with Crippen LogP contribution in [0.2, 0.25) is 0 Å². The maximum Gasteiger partial charge on any atom is 0.410 e. The minimum Gasteiger partial charge on any atom is -0.493 e. The first-order chi connectivity index (χ1) is 15.2. The SMILES string of the molecule is CCOC(=O)C1CC=C(c2ccc(OCC3CCN(C(=O)OC(C)(C)C)CC3)cc2)CC1. The van der Waals surface area contributed by atoms with E-state index in [-0.39, 0.29) is 18.0 Å². The lowest BCUT2D eigenvalue weighted by Gasteiger charge is -2.33. The highest BCUT2D eigenvalue weighted by atomic mass is 16.6. The van der Waals surface area contributed by atoms with Crippen LogP contribution >= 0.6 is 0 Å². The van der Waals surface area contributed by atoms with Crippen molar-refractivity contribution < 1.29 is 23.8 Å². The van der Waals surface area contributed by atoms with Gasteiger partial charge in [-0.15, -0.1) is 0 Å². The van der Waals surface area contributed by atoms with Crippen molar-refractivity contribution in [2.75, 3.05) is 26.3 Å². The van der Waals surface area contributed by atoms with Crippen LogP contribution in [0.3, 0.4) is 0 Å². The number of allylic oxidation sites excluding steroid dienone is 2. The Morgan fingerprint density at radius 2 is 1.75 bits per heavy atom. The summed E-state index contributed by atoms with van der Waals surface area (Å²) in [5.74, 6) is 1.21. The minimum atomic E-state index is -0.459. The summed E-state index contributed by atoms with van der Waals surface area (Å²) in [6.07, 6.45) is 6.26. The fraction of sp³-hybridized carbons (Fsp3) is 0.615. The molecule has 1 atom stereocenters. The van der Waals surface area contributed by atoms with Crippen LogP contribution in [-0.4, -0.2) is 48.9 Å². The van der Waals surface area contributed by atoms with Gasteiger partial charge < -0.3 is 19.1 Å². The zero-order chi connectivity index (χ0) is 23.1. The number of nitrogens with zero attached hydrogens (tertiary/aromatic N) is 1. The fourth-order valence-corrected chi connectivity index (χ4v) is 4.16. The Morgan fingerprint density at radius 1 is 1.06 bits per heavy atom. The first kappa shape index (κ1) is 24.1. The molecule has 0 saturated carbocycles. The molecule has 1 amide bonds. The molecule has 1 fully saturated rings. The second-order valence-electron chi connectivity index (χ2n) is 9.70. The van der Waals surface area contributed by atoms with E-state index in [2.05, 4.69) is 18.2 Å². The minimum absolute atomic E-state index is 0.0111. The van der Waals surface area contributed by atoms with Gasteiger partial charge in [-0.25, -0.2) is 4.79 Å². The Morgan fingerprint density at radius 3 is 2.31 bits per heavy atom. The Balaban J connectivity index is 1.42. The summed E-state index contributed by atoms with van der Waals surface area (Å²) in [5, 5.41) is 0. The van der Waals surface area contributed by atoms with E-state index in [0.29, 0.717) is 32.2 Å². The molecule has 6 heteroatoms. The summed E-state index contributed by atoms with van der Waals surface area (Å²) in [7, 11) is 0. The van der Waals surface area contributed by atoms with E-state index in [0.717, 1.165) is 37.9 Å². The Kier molecular flexibility index (Phi) is 8.21. The summed E-state index contributed by atoms with van der Waals surface area (Å²) < 4.78 is 16.6. The van der Waals surface area contributed by atoms with Gasteiger partial charge in [0.25, 0.3) is 0 Å². The molecule has 1 aromatic carbocycles. The maximum absolute atomic E-state index is 12.2. The second kappa shape index (κ2) is 10.9. The predicted octanol–water partition coefficient (Wildman–Crippen LogP) is 5.46. The van der Waals surface area contributed by atoms with Crippen LogP contribution in [0.4, 0.5) is 4.79 Å². The number of ether oxygens (including phenoxy) is 3. The van der Waals surface area contributed by atoms with Gasteiger partial charge in [0.1, 0.15) is 11.4 Å². The largest absolute Gasteiger partial charge is 0.493 e. The molecule has 1 aliphatic carbocycles. The predicted molar refractivity (Wildman–Crippen MR) is 124 cm³/mol. The quantitative estimate of drug-likeness (QED) is 0.546. The van der Waals surface area contributed by atoms with E-state index in [1.807, 2.05) is 39.8 Å². The first-order valence-corrected chi connectivity index (χ1v) is 11.8. The van der Waals surface area contributed by atoms with Crippen molar-refractivity contribution in [2.24, 2.45) is 11.8 Å². The van der Waals surface area contributed by atoms with E-state index in [1.54, 1.807) is 4.90 Å². The molecule has 1 unspecified atom stereocenters. The van der Waals surface area contributed by atoms with Crippen LogP contribution in [0.25, 0.3) is 5.57 Å². The molecule has 6 nitrogen and oxygen atoms in total. The molecule has 1 saturated heterocycles. The normalized spacial score (nSPS) is 19.8. The summed E-state index contributed by atoms with van der Waals surface area (Å²) in [5.41, 5.74) is 2.01. The van der Waals surface area contributed by atoms with Crippen LogP contribution in [0.15, 0.2) is 30.3 Å². The van der Waals surface area contributed by atoms with Crippen molar-refractivity contribution in [3.8, 4) is 5.75 Å². The van der Waals surface area contributed by atoms with Gasteiger partial charge >= 0.3 is 12.1 Å². The van der Waals surface area contributed by atoms with Gasteiger partial charge in [0, 0.05) is 13.1 Å². The van der Waals surface area contributed by atoms with E-state index >= 15 is 0 Å². The zero-order valence-corrected chi connectivity index (χ0v) is 19.9. The number of hydrogen-bond donors (Lipinski definition) is 0. The molecule has 3 rings (SSSR count). The third kappa shape index (κ3) is 7.01. The molecular formula is C26H37NO5. The van der Waals surface area contributed by atoms with E-state index in [9.17, 15) is 9.59 Å². The molecule has 176 valence electrons. The molecule has 0 spiro atoms. The highest BCUT2D eigenvalue weighted by Gasteiger charge is 2.27. The number of benzene rings is 1. The summed E-state index contributed by atoms with van der Waals surface area (Å²) >= 11 is 0. The van der Waals surface area contributed by atoms with Crippen molar-refractivity contribution >= 4 is 17.6 Å². The Labute approximate surface area is 191 Å². The van der Waals surface area contributed by atoms with Crippen molar-refractivity contribution in [3.63, 3.8) is 0 Å². The number of amides is 1. The molecule has 1 aliphatic heterocycles. The number of likely N-dealkylation sites (tertiary alicyclic amines) is 1. The highest BCUT2D eigenvalue weighted by molar-refractivity contribution is 5.75. The maximum atomic E-state index is 12.2. The number of hydrogen-bond acceptors (Lipinski definition) is 5. The van der Waals surface area contributed by atoms with Crippen molar-refractivity contribution in [1.82, 2.24) is 4.90 Å². The second-order valence-corrected chi connectivity index (χ2v) is 9.70. The molecule has 1 heterocycles. The monoisotopic (exact) mass is 443 g/mol. The molecule has 0 bridgehead atoms. The van der Waals surface area contributed by atoms with Gasteiger partial charge in [0.15, 0.2) is 0 Å². The Bertz CT molecular complexity index is 801. The number of rotatable bonds is 6. The number of piperidine rings is 1. The molecule has 1 aromatic rings. The number of carbonyl (C=O) groups excluding carboxylic acids is 2. The number of esters is 1. The first-order valence-electron chi connectivity index (χ1n) is 11.8. The molecule has 0 aromatic heterocycles. The van der Waals surface area contributed by atoms with Gasteiger partial charge in [-0.3, -0.25) is 4.79 Å². The molecule has 2 aliphatic rings. The van der Waals surface area contributed by atoms with E-state index < -0.39 is 5.60 Å². The summed E-state index contributed by atoms with van der Waals surface area (Å²) in [4.78, 5) is 25.9. The average molecular weight is 444 g/mol. The summed E-state index contributed by atoms with van der Waals surface area (Å²) in [6, 6.07) is 8.22. The Hall–Kier alpha value is -2.50. The van der Waals surface area contributed by atoms with E-state index in [1.165, 1.54) is 11.1 Å². The van der Waals surface area contributed by atoms with Gasteiger partial charge in [0.2, 0.25) is 0 Å². The average Bonchev–Trinajstić information content (AvgIpc) is 2.77.